The van der Waals surface area contributed by atoms with E-state index >= 15 is 0 Å². The summed E-state index contributed by atoms with van der Waals surface area (Å²) in [5.41, 5.74) is 2.48. The lowest BCUT2D eigenvalue weighted by Crippen LogP contribution is -2.21. The van der Waals surface area contributed by atoms with Crippen molar-refractivity contribution in [3.05, 3.63) is 53.7 Å². The Balaban J connectivity index is 2.06. The number of pyridine rings is 1. The lowest BCUT2D eigenvalue weighted by Gasteiger charge is -2.12. The molecule has 0 saturated carbocycles. The number of nitrogens with zero attached hydrogens (tertiary/aromatic N) is 1. The smallest absolute Gasteiger partial charge is 0.122 e. The highest BCUT2D eigenvalue weighted by atomic mass is 32.2. The van der Waals surface area contributed by atoms with Gasteiger partial charge in [-0.25, -0.2) is 4.98 Å². The Morgan fingerprint density at radius 3 is 2.76 bits per heavy atom. The molecule has 4 heteroatoms. The fraction of sp³-hybridized carbons (Fsp3) is 0.353. The van der Waals surface area contributed by atoms with Gasteiger partial charge in [0.05, 0.1) is 12.1 Å². The SMILES string of the molecule is COc1ccc(CNC(C)C)cc1CSc1ccccn1. The third kappa shape index (κ3) is 5.06. The van der Waals surface area contributed by atoms with Gasteiger partial charge in [-0.05, 0) is 29.8 Å². The molecule has 21 heavy (non-hydrogen) atoms. The van der Waals surface area contributed by atoms with E-state index in [0.29, 0.717) is 6.04 Å². The molecular formula is C17H22N2OS. The molecule has 1 aromatic carbocycles. The minimum atomic E-state index is 0.485. The summed E-state index contributed by atoms with van der Waals surface area (Å²) in [7, 11) is 1.72. The molecule has 0 aliphatic heterocycles. The van der Waals surface area contributed by atoms with Crippen LogP contribution in [-0.2, 0) is 12.3 Å². The maximum absolute atomic E-state index is 5.46. The summed E-state index contributed by atoms with van der Waals surface area (Å²) in [6.07, 6.45) is 1.82. The highest BCUT2D eigenvalue weighted by Crippen LogP contribution is 2.27. The maximum Gasteiger partial charge on any atom is 0.122 e. The van der Waals surface area contributed by atoms with Crippen molar-refractivity contribution in [1.29, 1.82) is 0 Å². The number of thioether (sulfide) groups is 1. The summed E-state index contributed by atoms with van der Waals surface area (Å²) < 4.78 is 5.46. The van der Waals surface area contributed by atoms with Crippen LogP contribution in [0.5, 0.6) is 5.75 Å². The Kier molecular flexibility index (Phi) is 6.08. The van der Waals surface area contributed by atoms with Crippen LogP contribution >= 0.6 is 11.8 Å². The van der Waals surface area contributed by atoms with Crippen LogP contribution in [0.3, 0.4) is 0 Å². The Bertz CT molecular complexity index is 558. The molecule has 0 aliphatic rings. The zero-order valence-corrected chi connectivity index (χ0v) is 13.6. The molecule has 2 aromatic rings. The molecule has 0 atom stereocenters. The van der Waals surface area contributed by atoms with E-state index in [4.69, 9.17) is 4.74 Å². The fourth-order valence-corrected chi connectivity index (χ4v) is 2.80. The van der Waals surface area contributed by atoms with Crippen LogP contribution in [0.15, 0.2) is 47.6 Å². The summed E-state index contributed by atoms with van der Waals surface area (Å²) in [6, 6.07) is 12.8. The number of hydrogen-bond donors (Lipinski definition) is 1. The zero-order valence-electron chi connectivity index (χ0n) is 12.8. The van der Waals surface area contributed by atoms with Crippen LogP contribution in [-0.4, -0.2) is 18.1 Å². The number of benzene rings is 1. The topological polar surface area (TPSA) is 34.1 Å². The van der Waals surface area contributed by atoms with Crippen molar-refractivity contribution in [3.8, 4) is 5.75 Å². The largest absolute Gasteiger partial charge is 0.496 e. The van der Waals surface area contributed by atoms with Crippen molar-refractivity contribution in [2.45, 2.75) is 37.2 Å². The first kappa shape index (κ1) is 15.9. The van der Waals surface area contributed by atoms with Crippen LogP contribution in [0.4, 0.5) is 0 Å². The Labute approximate surface area is 131 Å². The summed E-state index contributed by atoms with van der Waals surface area (Å²) in [4.78, 5) is 4.34. The van der Waals surface area contributed by atoms with Crippen molar-refractivity contribution in [1.82, 2.24) is 10.3 Å². The number of nitrogens with one attached hydrogen (secondary N) is 1. The van der Waals surface area contributed by atoms with Gasteiger partial charge in [0.2, 0.25) is 0 Å². The van der Waals surface area contributed by atoms with Crippen LogP contribution < -0.4 is 10.1 Å². The van der Waals surface area contributed by atoms with Crippen molar-refractivity contribution in [2.75, 3.05) is 7.11 Å². The minimum Gasteiger partial charge on any atom is -0.496 e. The second-order valence-electron chi connectivity index (χ2n) is 5.14. The van der Waals surface area contributed by atoms with Gasteiger partial charge in [0, 0.05) is 30.1 Å². The first-order valence-electron chi connectivity index (χ1n) is 7.12. The van der Waals surface area contributed by atoms with Crippen molar-refractivity contribution in [2.24, 2.45) is 0 Å². The molecule has 0 aliphatic carbocycles. The molecule has 112 valence electrons. The van der Waals surface area contributed by atoms with E-state index in [1.807, 2.05) is 30.5 Å². The molecule has 2 rings (SSSR count). The highest BCUT2D eigenvalue weighted by Gasteiger charge is 2.06. The molecule has 1 aromatic heterocycles. The average Bonchev–Trinajstić information content (AvgIpc) is 2.52. The Hall–Kier alpha value is -1.52. The summed E-state index contributed by atoms with van der Waals surface area (Å²) in [5.74, 6) is 1.79. The summed E-state index contributed by atoms with van der Waals surface area (Å²) in [6.45, 7) is 5.19. The van der Waals surface area contributed by atoms with Gasteiger partial charge in [0.1, 0.15) is 5.75 Å². The molecule has 0 saturated heterocycles. The second kappa shape index (κ2) is 8.05. The molecule has 0 unspecified atom stereocenters. The van der Waals surface area contributed by atoms with E-state index in [-0.39, 0.29) is 0 Å². The van der Waals surface area contributed by atoms with E-state index < -0.39 is 0 Å². The molecule has 0 fully saturated rings. The number of aromatic nitrogens is 1. The van der Waals surface area contributed by atoms with Crippen LogP contribution in [0.25, 0.3) is 0 Å². The first-order chi connectivity index (χ1) is 10.2. The quantitative estimate of drug-likeness (QED) is 0.787. The monoisotopic (exact) mass is 302 g/mol. The first-order valence-corrected chi connectivity index (χ1v) is 8.10. The van der Waals surface area contributed by atoms with E-state index in [1.165, 1.54) is 11.1 Å². The third-order valence-electron chi connectivity index (χ3n) is 3.07. The van der Waals surface area contributed by atoms with Gasteiger partial charge in [0.15, 0.2) is 0 Å². The molecule has 1 heterocycles. The molecule has 0 spiro atoms. The second-order valence-corrected chi connectivity index (χ2v) is 6.13. The van der Waals surface area contributed by atoms with E-state index in [9.17, 15) is 0 Å². The number of methoxy groups -OCH3 is 1. The van der Waals surface area contributed by atoms with Gasteiger partial charge < -0.3 is 10.1 Å². The van der Waals surface area contributed by atoms with E-state index in [1.54, 1.807) is 18.9 Å². The summed E-state index contributed by atoms with van der Waals surface area (Å²) >= 11 is 1.72. The van der Waals surface area contributed by atoms with Gasteiger partial charge in [-0.1, -0.05) is 26.0 Å². The summed E-state index contributed by atoms with van der Waals surface area (Å²) in [5, 5.41) is 4.47. The van der Waals surface area contributed by atoms with E-state index in [2.05, 4.69) is 36.3 Å². The maximum atomic E-state index is 5.46. The molecule has 0 radical (unpaired) electrons. The molecular weight excluding hydrogens is 280 g/mol. The molecule has 0 amide bonds. The standard InChI is InChI=1S/C17H22N2OS/c1-13(2)19-11-14-7-8-16(20-3)15(10-14)12-21-17-6-4-5-9-18-17/h4-10,13,19H,11-12H2,1-3H3. The van der Waals surface area contributed by atoms with Gasteiger partial charge in [-0.3, -0.25) is 0 Å². The van der Waals surface area contributed by atoms with Crippen molar-refractivity contribution in [3.63, 3.8) is 0 Å². The molecule has 0 bridgehead atoms. The van der Waals surface area contributed by atoms with Crippen LogP contribution in [0.1, 0.15) is 25.0 Å². The van der Waals surface area contributed by atoms with Gasteiger partial charge >= 0.3 is 0 Å². The molecule has 1 N–H and O–H groups in total. The fourth-order valence-electron chi connectivity index (χ4n) is 1.96. The number of rotatable bonds is 7. The van der Waals surface area contributed by atoms with E-state index in [0.717, 1.165) is 23.1 Å². The van der Waals surface area contributed by atoms with Gasteiger partial charge in [-0.2, -0.15) is 0 Å². The number of ether oxygens (including phenoxy) is 1. The highest BCUT2D eigenvalue weighted by molar-refractivity contribution is 7.98. The average molecular weight is 302 g/mol. The predicted molar refractivity (Wildman–Crippen MR) is 88.8 cm³/mol. The van der Waals surface area contributed by atoms with Crippen molar-refractivity contribution >= 4 is 11.8 Å². The zero-order chi connectivity index (χ0) is 15.1. The lowest BCUT2D eigenvalue weighted by atomic mass is 10.1. The Morgan fingerprint density at radius 2 is 2.10 bits per heavy atom. The Morgan fingerprint density at radius 1 is 1.24 bits per heavy atom. The van der Waals surface area contributed by atoms with Crippen LogP contribution in [0.2, 0.25) is 0 Å². The third-order valence-corrected chi connectivity index (χ3v) is 4.07. The van der Waals surface area contributed by atoms with Gasteiger partial charge in [-0.15, -0.1) is 11.8 Å². The van der Waals surface area contributed by atoms with Gasteiger partial charge in [0.25, 0.3) is 0 Å². The molecule has 3 nitrogen and oxygen atoms in total. The normalized spacial score (nSPS) is 10.9. The minimum absolute atomic E-state index is 0.485. The van der Waals surface area contributed by atoms with Crippen molar-refractivity contribution < 1.29 is 4.74 Å². The number of hydrogen-bond acceptors (Lipinski definition) is 4. The lowest BCUT2D eigenvalue weighted by molar-refractivity contribution is 0.411. The predicted octanol–water partition coefficient (Wildman–Crippen LogP) is 3.88. The van der Waals surface area contributed by atoms with Crippen LogP contribution in [0, 0.1) is 0 Å².